The summed E-state index contributed by atoms with van der Waals surface area (Å²) in [7, 11) is 0. The molecule has 0 spiro atoms. The number of H-pyrrole nitrogens is 1. The van der Waals surface area contributed by atoms with Gasteiger partial charge in [0.2, 0.25) is 41.4 Å². The van der Waals surface area contributed by atoms with Crippen LogP contribution >= 0.6 is 0 Å². The Hall–Kier alpha value is -7.15. The molecule has 7 amide bonds. The van der Waals surface area contributed by atoms with E-state index in [4.69, 9.17) is 15.9 Å². The molecule has 344 valence electrons. The number of fused-ring (bicyclic) bond motifs is 1. The second kappa shape index (κ2) is 24.3. The highest BCUT2D eigenvalue weighted by atomic mass is 16.4. The number of hydrogen-bond acceptors (Lipinski definition) is 13. The molecule has 0 radical (unpaired) electrons. The van der Waals surface area contributed by atoms with Gasteiger partial charge in [-0.2, -0.15) is 0 Å². The maximum Gasteiger partial charge on any atom is 0.317 e. The number of nitrogens with two attached hydrogens (primary N) is 1. The molecule has 1 aliphatic heterocycles. The third-order valence-corrected chi connectivity index (χ3v) is 9.66. The van der Waals surface area contributed by atoms with E-state index in [0.29, 0.717) is 12.0 Å². The van der Waals surface area contributed by atoms with Crippen LogP contribution < -0.4 is 32.3 Å². The number of aromatic nitrogens is 1. The normalized spacial score (nSPS) is 14.9. The van der Waals surface area contributed by atoms with Crippen molar-refractivity contribution in [3.05, 3.63) is 36.0 Å². The Morgan fingerprint density at radius 1 is 0.746 bits per heavy atom. The van der Waals surface area contributed by atoms with Gasteiger partial charge in [-0.1, -0.05) is 18.2 Å². The fourth-order valence-electron chi connectivity index (χ4n) is 6.92. The predicted octanol–water partition coefficient (Wildman–Crippen LogP) is -4.38. The zero-order valence-electron chi connectivity index (χ0n) is 34.3. The average Bonchev–Trinajstić information content (AvgIpc) is 3.85. The van der Waals surface area contributed by atoms with Crippen molar-refractivity contribution in [1.29, 1.82) is 0 Å². The molecule has 2 heterocycles. The number of benzene rings is 1. The zero-order chi connectivity index (χ0) is 46.8. The number of carboxylic acid groups (broad SMARTS) is 4. The SMILES string of the molecule is CC(=O)N[C@@H](Cc1c[nH]c2ccccc12)C(=O)N[C@@H](CCN(CC(=O)O)CC(=O)O)C(=O)N1CCC[C@H]1C(=O)NCC(=O)N[C@@H](CCN(CC(=O)O)CC(=O)O)C(=O)NCC(N)=O. The van der Waals surface area contributed by atoms with Crippen LogP contribution in [0, 0.1) is 0 Å². The molecule has 0 aliphatic carbocycles. The largest absolute Gasteiger partial charge is 0.480 e. The first-order chi connectivity index (χ1) is 29.7. The maximum absolute atomic E-state index is 14.3. The standard InChI is InChI=1S/C38H52N10O15/c1-21(49)43-27(13-22-14-40-24-6-3-2-5-23(22)24)36(61)45-26(9-12-47(19-33(56)57)20-34(58)59)38(63)48-10-4-7-28(48)37(62)42-16-30(51)44-25(35(60)41-15-29(39)50)8-11-46(17-31(52)53)18-32(54)55/h2-3,5-6,14,25-28,40H,4,7-13,15-20H2,1H3,(H2,39,50)(H,41,60)(H,42,62)(H,43,49)(H,44,51)(H,45,61)(H,52,53)(H,54,55)(H,56,57)(H,58,59)/t25-,26-,27-,28-/m0/s1. The molecule has 1 aliphatic rings. The number of likely N-dealkylation sites (tertiary alicyclic amines) is 1. The molecule has 1 aromatic carbocycles. The fourth-order valence-corrected chi connectivity index (χ4v) is 6.92. The van der Waals surface area contributed by atoms with E-state index in [1.54, 1.807) is 18.3 Å². The first-order valence-corrected chi connectivity index (χ1v) is 19.6. The van der Waals surface area contributed by atoms with Crippen molar-refractivity contribution in [1.82, 2.24) is 46.3 Å². The van der Waals surface area contributed by atoms with E-state index in [2.05, 4.69) is 31.6 Å². The van der Waals surface area contributed by atoms with Crippen molar-refractivity contribution in [2.24, 2.45) is 5.73 Å². The van der Waals surface area contributed by atoms with Crippen molar-refractivity contribution in [3.63, 3.8) is 0 Å². The van der Waals surface area contributed by atoms with E-state index >= 15 is 0 Å². The summed E-state index contributed by atoms with van der Waals surface area (Å²) < 4.78 is 0. The van der Waals surface area contributed by atoms with Gasteiger partial charge in [0.05, 0.1) is 39.3 Å². The summed E-state index contributed by atoms with van der Waals surface area (Å²) in [6.07, 6.45) is 1.38. The molecule has 2 aromatic rings. The lowest BCUT2D eigenvalue weighted by molar-refractivity contribution is -0.144. The second-order valence-corrected chi connectivity index (χ2v) is 14.7. The minimum atomic E-state index is -1.47. The van der Waals surface area contributed by atoms with Crippen molar-refractivity contribution in [2.75, 3.05) is 58.9 Å². The van der Waals surface area contributed by atoms with Crippen molar-refractivity contribution >= 4 is 76.1 Å². The molecule has 25 nitrogen and oxygen atoms in total. The van der Waals surface area contributed by atoms with Gasteiger partial charge in [-0.3, -0.25) is 62.5 Å². The van der Waals surface area contributed by atoms with E-state index in [1.165, 1.54) is 6.92 Å². The molecule has 12 N–H and O–H groups in total. The molecule has 63 heavy (non-hydrogen) atoms. The van der Waals surface area contributed by atoms with E-state index in [0.717, 1.165) is 25.6 Å². The molecule has 1 fully saturated rings. The number of nitrogens with one attached hydrogen (secondary N) is 6. The summed E-state index contributed by atoms with van der Waals surface area (Å²) in [6, 6.07) is 1.86. The fraction of sp³-hybridized carbons (Fsp3) is 0.500. The molecule has 0 bridgehead atoms. The molecule has 1 aromatic heterocycles. The molecule has 0 saturated carbocycles. The van der Waals surface area contributed by atoms with Crippen LogP contribution in [0.5, 0.6) is 0 Å². The topological polar surface area (TPSA) is 380 Å². The molecular formula is C38H52N10O15. The van der Waals surface area contributed by atoms with Crippen LogP contribution in [0.4, 0.5) is 0 Å². The smallest absolute Gasteiger partial charge is 0.317 e. The lowest BCUT2D eigenvalue weighted by Gasteiger charge is -2.31. The minimum absolute atomic E-state index is 0.000783. The van der Waals surface area contributed by atoms with Gasteiger partial charge in [-0.25, -0.2) is 0 Å². The number of para-hydroxylation sites is 1. The van der Waals surface area contributed by atoms with Crippen LogP contribution in [0.3, 0.4) is 0 Å². The van der Waals surface area contributed by atoms with Gasteiger partial charge in [0.15, 0.2) is 0 Å². The number of hydrogen-bond donors (Lipinski definition) is 11. The average molecular weight is 889 g/mol. The van der Waals surface area contributed by atoms with Crippen LogP contribution in [0.1, 0.15) is 38.2 Å². The van der Waals surface area contributed by atoms with E-state index in [-0.39, 0.29) is 45.3 Å². The highest BCUT2D eigenvalue weighted by Crippen LogP contribution is 2.21. The maximum atomic E-state index is 14.3. The number of carbonyl (C=O) groups is 11. The monoisotopic (exact) mass is 888 g/mol. The first kappa shape index (κ1) is 50.2. The Bertz CT molecular complexity index is 2010. The van der Waals surface area contributed by atoms with Crippen LogP contribution in [-0.2, 0) is 59.2 Å². The predicted molar refractivity (Wildman–Crippen MR) is 216 cm³/mol. The zero-order valence-corrected chi connectivity index (χ0v) is 34.3. The van der Waals surface area contributed by atoms with Crippen LogP contribution in [0.25, 0.3) is 10.9 Å². The number of primary amides is 1. The van der Waals surface area contributed by atoms with Gasteiger partial charge in [-0.05, 0) is 37.3 Å². The van der Waals surface area contributed by atoms with E-state index in [9.17, 15) is 63.0 Å². The number of aliphatic carboxylic acids is 4. The third kappa shape index (κ3) is 17.0. The molecule has 0 unspecified atom stereocenters. The number of aromatic amines is 1. The Morgan fingerprint density at radius 2 is 1.32 bits per heavy atom. The number of nitrogens with zero attached hydrogens (tertiary/aromatic N) is 3. The molecular weight excluding hydrogens is 836 g/mol. The highest BCUT2D eigenvalue weighted by Gasteiger charge is 2.39. The quantitative estimate of drug-likeness (QED) is 0.0403. The lowest BCUT2D eigenvalue weighted by Crippen LogP contribution is -2.58. The third-order valence-electron chi connectivity index (χ3n) is 9.66. The van der Waals surface area contributed by atoms with Gasteiger partial charge in [0.25, 0.3) is 0 Å². The number of rotatable bonds is 27. The summed E-state index contributed by atoms with van der Waals surface area (Å²) in [5.74, 6) is -11.2. The number of amides is 7. The van der Waals surface area contributed by atoms with Gasteiger partial charge in [0.1, 0.15) is 24.2 Å². The Balaban J connectivity index is 1.80. The van der Waals surface area contributed by atoms with Crippen LogP contribution in [-0.4, -0.2) is 188 Å². The van der Waals surface area contributed by atoms with E-state index in [1.807, 2.05) is 12.1 Å². The van der Waals surface area contributed by atoms with Crippen molar-refractivity contribution < 1.29 is 73.2 Å². The van der Waals surface area contributed by atoms with Crippen molar-refractivity contribution in [2.45, 2.75) is 63.2 Å². The molecule has 25 heteroatoms. The summed E-state index contributed by atoms with van der Waals surface area (Å²) in [5, 5.41) is 49.9. The van der Waals surface area contributed by atoms with E-state index < -0.39 is 129 Å². The molecule has 4 atom stereocenters. The van der Waals surface area contributed by atoms with Gasteiger partial charge >= 0.3 is 23.9 Å². The number of carboxylic acids is 4. The van der Waals surface area contributed by atoms with Gasteiger partial charge in [0, 0.05) is 50.1 Å². The number of carbonyl (C=O) groups excluding carboxylic acids is 7. The van der Waals surface area contributed by atoms with Gasteiger partial charge in [-0.15, -0.1) is 0 Å². The summed E-state index contributed by atoms with van der Waals surface area (Å²) >= 11 is 0. The summed E-state index contributed by atoms with van der Waals surface area (Å²) in [6.45, 7) is -3.67. The van der Waals surface area contributed by atoms with Crippen LogP contribution in [0.2, 0.25) is 0 Å². The summed E-state index contributed by atoms with van der Waals surface area (Å²) in [5.41, 5.74) is 6.51. The Kier molecular flexibility index (Phi) is 19.4. The van der Waals surface area contributed by atoms with Gasteiger partial charge < -0.3 is 62.6 Å². The second-order valence-electron chi connectivity index (χ2n) is 14.7. The lowest BCUT2D eigenvalue weighted by atomic mass is 10.0. The summed E-state index contributed by atoms with van der Waals surface area (Å²) in [4.78, 5) is 143. The van der Waals surface area contributed by atoms with Crippen LogP contribution in [0.15, 0.2) is 30.5 Å². The molecule has 3 rings (SSSR count). The highest BCUT2D eigenvalue weighted by molar-refractivity contribution is 5.96. The molecule has 1 saturated heterocycles. The minimum Gasteiger partial charge on any atom is -0.480 e. The van der Waals surface area contributed by atoms with Crippen molar-refractivity contribution in [3.8, 4) is 0 Å². The Labute approximate surface area is 359 Å². The first-order valence-electron chi connectivity index (χ1n) is 19.6. The Morgan fingerprint density at radius 3 is 1.87 bits per heavy atom.